The van der Waals surface area contributed by atoms with Gasteiger partial charge in [-0.2, -0.15) is 39.5 Å². The van der Waals surface area contributed by atoms with Crippen molar-refractivity contribution in [1.29, 1.82) is 0 Å². The van der Waals surface area contributed by atoms with E-state index in [-0.39, 0.29) is 56.4 Å². The first-order valence-corrected chi connectivity index (χ1v) is 12.0. The molecule has 0 atom stereocenters. The number of ether oxygens (including phenoxy) is 1. The molecule has 0 saturated heterocycles. The lowest BCUT2D eigenvalue weighted by molar-refractivity contribution is -0.188. The monoisotopic (exact) mass is 579 g/mol. The van der Waals surface area contributed by atoms with E-state index in [2.05, 4.69) is 10.6 Å². The molecule has 6 nitrogen and oxygen atoms in total. The standard InChI is InChI=1S/C24H30F9N3O3/c1-21(2,3)39-20(38)34-8-9-36(19(37)24(31,32)33)18-6-4-14(5-7-18)13-35-17-11-15(22(25,26)27)10-16(12-17)23(28,29)30/h10-12,14,18,35H,4-9,13H2,1-3H3,(H,34,38)/t14-,18-. The van der Waals surface area contributed by atoms with E-state index in [1.165, 1.54) is 0 Å². The zero-order valence-electron chi connectivity index (χ0n) is 21.4. The number of benzene rings is 1. The summed E-state index contributed by atoms with van der Waals surface area (Å²) in [4.78, 5) is 24.5. The third-order valence-electron chi connectivity index (χ3n) is 5.96. The maximum absolute atomic E-state index is 13.2. The molecule has 1 aromatic rings. The quantitative estimate of drug-likeness (QED) is 0.357. The fourth-order valence-electron chi connectivity index (χ4n) is 4.19. The second kappa shape index (κ2) is 12.1. The molecule has 222 valence electrons. The SMILES string of the molecule is CC(C)(C)OC(=O)NCCN(C(=O)C(F)(F)F)[C@H]1CC[C@H](CNc2cc(C(F)(F)F)cc(C(F)(F)F)c2)CC1. The Morgan fingerprint density at radius 1 is 0.872 bits per heavy atom. The van der Waals surface area contributed by atoms with Gasteiger partial charge in [-0.25, -0.2) is 4.79 Å². The maximum Gasteiger partial charge on any atom is 0.471 e. The molecule has 0 unspecified atom stereocenters. The van der Waals surface area contributed by atoms with Crippen molar-refractivity contribution in [1.82, 2.24) is 10.2 Å². The summed E-state index contributed by atoms with van der Waals surface area (Å²) < 4.78 is 123. The van der Waals surface area contributed by atoms with Crippen LogP contribution in [0.2, 0.25) is 0 Å². The average Bonchev–Trinajstić information content (AvgIpc) is 2.77. The lowest BCUT2D eigenvalue weighted by atomic mass is 9.85. The molecule has 0 heterocycles. The predicted molar refractivity (Wildman–Crippen MR) is 123 cm³/mol. The minimum atomic E-state index is -5.15. The third-order valence-corrected chi connectivity index (χ3v) is 5.96. The Kier molecular flexibility index (Phi) is 10.0. The summed E-state index contributed by atoms with van der Waals surface area (Å²) in [6, 6.07) is 0.311. The summed E-state index contributed by atoms with van der Waals surface area (Å²) in [6.45, 7) is 4.05. The van der Waals surface area contributed by atoms with Gasteiger partial charge >= 0.3 is 30.5 Å². The summed E-state index contributed by atoms with van der Waals surface area (Å²) >= 11 is 0. The highest BCUT2D eigenvalue weighted by Gasteiger charge is 2.45. The van der Waals surface area contributed by atoms with E-state index >= 15 is 0 Å². The topological polar surface area (TPSA) is 70.7 Å². The van der Waals surface area contributed by atoms with E-state index < -0.39 is 59.8 Å². The van der Waals surface area contributed by atoms with E-state index in [4.69, 9.17) is 4.74 Å². The Bertz CT molecular complexity index is 962. The Hall–Kier alpha value is -2.87. The molecule has 1 fully saturated rings. The molecular weight excluding hydrogens is 549 g/mol. The largest absolute Gasteiger partial charge is 0.471 e. The van der Waals surface area contributed by atoms with Gasteiger partial charge < -0.3 is 20.3 Å². The highest BCUT2D eigenvalue weighted by Crippen LogP contribution is 2.38. The zero-order valence-corrected chi connectivity index (χ0v) is 21.4. The highest BCUT2D eigenvalue weighted by molar-refractivity contribution is 5.82. The van der Waals surface area contributed by atoms with Crippen LogP contribution in [0.1, 0.15) is 57.6 Å². The van der Waals surface area contributed by atoms with Gasteiger partial charge in [-0.15, -0.1) is 0 Å². The Labute approximate surface area is 219 Å². The fourth-order valence-corrected chi connectivity index (χ4v) is 4.19. The van der Waals surface area contributed by atoms with Crippen molar-refractivity contribution in [2.75, 3.05) is 25.0 Å². The van der Waals surface area contributed by atoms with Gasteiger partial charge in [0.15, 0.2) is 0 Å². The van der Waals surface area contributed by atoms with Crippen LogP contribution in [0.4, 0.5) is 50.0 Å². The molecule has 0 bridgehead atoms. The Morgan fingerprint density at radius 2 is 1.38 bits per heavy atom. The number of nitrogens with zero attached hydrogens (tertiary/aromatic N) is 1. The molecule has 1 aliphatic rings. The number of hydrogen-bond donors (Lipinski definition) is 2. The third kappa shape index (κ3) is 10.3. The van der Waals surface area contributed by atoms with Crippen molar-refractivity contribution >= 4 is 17.7 Å². The summed E-state index contributed by atoms with van der Waals surface area (Å²) in [5.41, 5.74) is -4.16. The first kappa shape index (κ1) is 32.3. The molecule has 2 rings (SSSR count). The van der Waals surface area contributed by atoms with Gasteiger partial charge in [-0.1, -0.05) is 0 Å². The second-order valence-corrected chi connectivity index (χ2v) is 10.3. The van der Waals surface area contributed by atoms with Crippen molar-refractivity contribution in [2.45, 2.75) is 76.6 Å². The zero-order chi connectivity index (χ0) is 29.8. The molecule has 2 N–H and O–H groups in total. The van der Waals surface area contributed by atoms with Crippen molar-refractivity contribution in [3.05, 3.63) is 29.3 Å². The number of carbonyl (C=O) groups is 2. The number of anilines is 1. The lowest BCUT2D eigenvalue weighted by Crippen LogP contribution is -2.51. The lowest BCUT2D eigenvalue weighted by Gasteiger charge is -2.37. The van der Waals surface area contributed by atoms with Crippen LogP contribution in [0, 0.1) is 5.92 Å². The number of alkyl halides is 9. The number of nitrogens with one attached hydrogen (secondary N) is 2. The number of amides is 2. The van der Waals surface area contributed by atoms with E-state index in [0.29, 0.717) is 17.0 Å². The highest BCUT2D eigenvalue weighted by atomic mass is 19.4. The van der Waals surface area contributed by atoms with Crippen LogP contribution in [0.15, 0.2) is 18.2 Å². The van der Waals surface area contributed by atoms with E-state index in [1.807, 2.05) is 0 Å². The normalized spacial score (nSPS) is 18.9. The first-order valence-electron chi connectivity index (χ1n) is 12.0. The van der Waals surface area contributed by atoms with Gasteiger partial charge in [0.1, 0.15) is 5.60 Å². The van der Waals surface area contributed by atoms with Crippen LogP contribution in [-0.4, -0.2) is 54.4 Å². The fraction of sp³-hybridized carbons (Fsp3) is 0.667. The summed E-state index contributed by atoms with van der Waals surface area (Å²) in [7, 11) is 0. The van der Waals surface area contributed by atoms with Gasteiger partial charge in [0.25, 0.3) is 0 Å². The molecule has 0 aliphatic heterocycles. The first-order chi connectivity index (χ1) is 17.7. The molecule has 1 saturated carbocycles. The molecule has 15 heteroatoms. The number of halogens is 9. The minimum absolute atomic E-state index is 0.0142. The van der Waals surface area contributed by atoms with E-state index in [9.17, 15) is 49.1 Å². The van der Waals surface area contributed by atoms with Crippen LogP contribution >= 0.6 is 0 Å². The number of hydrogen-bond acceptors (Lipinski definition) is 4. The van der Waals surface area contributed by atoms with Crippen LogP contribution in [0.3, 0.4) is 0 Å². The van der Waals surface area contributed by atoms with Crippen molar-refractivity contribution in [3.63, 3.8) is 0 Å². The molecule has 39 heavy (non-hydrogen) atoms. The molecule has 1 aliphatic carbocycles. The van der Waals surface area contributed by atoms with Crippen molar-refractivity contribution in [3.8, 4) is 0 Å². The molecular formula is C24H30F9N3O3. The minimum Gasteiger partial charge on any atom is -0.444 e. The average molecular weight is 580 g/mol. The van der Waals surface area contributed by atoms with Gasteiger partial charge in [0.05, 0.1) is 11.1 Å². The van der Waals surface area contributed by atoms with Crippen molar-refractivity contribution in [2.24, 2.45) is 5.92 Å². The van der Waals surface area contributed by atoms with E-state index in [0.717, 1.165) is 0 Å². The van der Waals surface area contributed by atoms with Crippen LogP contribution < -0.4 is 10.6 Å². The van der Waals surface area contributed by atoms with Gasteiger partial charge in [0, 0.05) is 31.4 Å². The Morgan fingerprint density at radius 3 is 1.82 bits per heavy atom. The molecule has 1 aromatic carbocycles. The predicted octanol–water partition coefficient (Wildman–Crippen LogP) is 6.61. The van der Waals surface area contributed by atoms with Crippen molar-refractivity contribution < 1.29 is 53.8 Å². The number of rotatable bonds is 7. The molecule has 0 aromatic heterocycles. The van der Waals surface area contributed by atoms with Crippen LogP contribution in [0.25, 0.3) is 0 Å². The molecule has 0 spiro atoms. The van der Waals surface area contributed by atoms with Gasteiger partial charge in [-0.3, -0.25) is 4.79 Å². The molecule has 0 radical (unpaired) electrons. The smallest absolute Gasteiger partial charge is 0.444 e. The van der Waals surface area contributed by atoms with Gasteiger partial charge in [0.2, 0.25) is 0 Å². The second-order valence-electron chi connectivity index (χ2n) is 10.3. The van der Waals surface area contributed by atoms with Gasteiger partial charge in [-0.05, 0) is 70.6 Å². The maximum atomic E-state index is 13.2. The summed E-state index contributed by atoms with van der Waals surface area (Å²) in [5, 5.41) is 4.87. The summed E-state index contributed by atoms with van der Waals surface area (Å²) in [5.74, 6) is -2.34. The number of alkyl carbamates (subject to hydrolysis) is 1. The van der Waals surface area contributed by atoms with Crippen LogP contribution in [-0.2, 0) is 21.9 Å². The summed E-state index contributed by atoms with van der Waals surface area (Å²) in [6.07, 6.45) is -15.2. The Balaban J connectivity index is 2.01. The van der Waals surface area contributed by atoms with Crippen LogP contribution in [0.5, 0.6) is 0 Å². The van der Waals surface area contributed by atoms with E-state index in [1.54, 1.807) is 20.8 Å². The number of carbonyl (C=O) groups excluding carboxylic acids is 2. The molecule has 2 amide bonds.